The molecule has 1 aromatic rings. The molecule has 1 rings (SSSR count). The summed E-state index contributed by atoms with van der Waals surface area (Å²) in [7, 11) is 0. The van der Waals surface area contributed by atoms with Crippen LogP contribution >= 0.6 is 23.1 Å². The van der Waals surface area contributed by atoms with E-state index in [1.165, 1.54) is 0 Å². The van der Waals surface area contributed by atoms with Crippen LogP contribution in [0.3, 0.4) is 0 Å². The van der Waals surface area contributed by atoms with Crippen LogP contribution in [0, 0.1) is 0 Å². The van der Waals surface area contributed by atoms with E-state index < -0.39 is 5.60 Å². The summed E-state index contributed by atoms with van der Waals surface area (Å²) >= 11 is 3.29. The fourth-order valence-corrected chi connectivity index (χ4v) is 2.61. The Morgan fingerprint density at radius 1 is 1.56 bits per heavy atom. The molecule has 0 bridgehead atoms. The van der Waals surface area contributed by atoms with Crippen molar-refractivity contribution in [2.75, 3.05) is 18.6 Å². The van der Waals surface area contributed by atoms with Gasteiger partial charge < -0.3 is 15.7 Å². The number of hydrogen-bond donors (Lipinski definition) is 3. The number of thiophene rings is 1. The van der Waals surface area contributed by atoms with Gasteiger partial charge in [0.2, 0.25) is 0 Å². The second kappa shape index (κ2) is 7.66. The third-order valence-corrected chi connectivity index (χ3v) is 3.97. The molecule has 0 aromatic carbocycles. The third kappa shape index (κ3) is 6.28. The normalized spacial score (nSPS) is 13.9. The van der Waals surface area contributed by atoms with E-state index in [1.807, 2.05) is 23.8 Å². The maximum Gasteiger partial charge on any atom is 0.315 e. The fraction of sp³-hybridized carbons (Fsp3) is 0.583. The molecular weight excluding hydrogens is 268 g/mol. The zero-order valence-electron chi connectivity index (χ0n) is 10.7. The monoisotopic (exact) mass is 288 g/mol. The molecular formula is C12H20N2O2S2. The van der Waals surface area contributed by atoms with Crippen molar-refractivity contribution in [3.8, 4) is 0 Å². The molecule has 0 radical (unpaired) electrons. The first-order valence-electron chi connectivity index (χ1n) is 5.79. The third-order valence-electron chi connectivity index (χ3n) is 2.48. The van der Waals surface area contributed by atoms with Gasteiger partial charge in [0.1, 0.15) is 0 Å². The predicted octanol–water partition coefficient (Wildman–Crippen LogP) is 2.05. The first-order valence-corrected chi connectivity index (χ1v) is 8.06. The fourth-order valence-electron chi connectivity index (χ4n) is 1.32. The second-order valence-corrected chi connectivity index (χ2v) is 6.37. The summed E-state index contributed by atoms with van der Waals surface area (Å²) in [6.07, 6.45) is 2.66. The van der Waals surface area contributed by atoms with E-state index in [9.17, 15) is 9.90 Å². The van der Waals surface area contributed by atoms with E-state index >= 15 is 0 Å². The van der Waals surface area contributed by atoms with Crippen LogP contribution in [-0.4, -0.2) is 35.3 Å². The molecule has 102 valence electrons. The zero-order chi connectivity index (χ0) is 13.4. The average Bonchev–Trinajstić information content (AvgIpc) is 2.84. The number of hydrogen-bond acceptors (Lipinski definition) is 4. The largest absolute Gasteiger partial charge is 0.388 e. The first kappa shape index (κ1) is 15.3. The SMILES string of the molecule is CSCC[C@](C)(O)CNC(=O)NCc1cccs1. The Morgan fingerprint density at radius 2 is 2.33 bits per heavy atom. The number of carbonyl (C=O) groups excluding carboxylic acids is 1. The van der Waals surface area contributed by atoms with Crippen molar-refractivity contribution in [2.24, 2.45) is 0 Å². The Labute approximate surface area is 116 Å². The summed E-state index contributed by atoms with van der Waals surface area (Å²) in [6.45, 7) is 2.53. The van der Waals surface area contributed by atoms with Crippen LogP contribution in [0.4, 0.5) is 4.79 Å². The number of urea groups is 1. The highest BCUT2D eigenvalue weighted by Gasteiger charge is 2.20. The molecule has 0 fully saturated rings. The standard InChI is InChI=1S/C12H20N2O2S2/c1-12(16,5-7-17-2)9-14-11(15)13-8-10-4-3-6-18-10/h3-4,6,16H,5,7-9H2,1-2H3,(H2,13,14,15)/t12-/m0/s1. The van der Waals surface area contributed by atoms with Gasteiger partial charge in [-0.05, 0) is 36.8 Å². The lowest BCUT2D eigenvalue weighted by Gasteiger charge is -2.23. The Bertz CT molecular complexity index is 353. The molecule has 0 unspecified atom stereocenters. The van der Waals surface area contributed by atoms with E-state index in [0.717, 1.165) is 10.6 Å². The van der Waals surface area contributed by atoms with Crippen molar-refractivity contribution in [3.05, 3.63) is 22.4 Å². The van der Waals surface area contributed by atoms with Crippen LogP contribution in [-0.2, 0) is 6.54 Å². The number of amides is 2. The molecule has 0 saturated carbocycles. The van der Waals surface area contributed by atoms with Crippen molar-refractivity contribution in [2.45, 2.75) is 25.5 Å². The second-order valence-electron chi connectivity index (χ2n) is 4.36. The Balaban J connectivity index is 2.20. The molecule has 6 heteroatoms. The molecule has 3 N–H and O–H groups in total. The van der Waals surface area contributed by atoms with Gasteiger partial charge in [-0.1, -0.05) is 6.07 Å². The Morgan fingerprint density at radius 3 is 2.94 bits per heavy atom. The summed E-state index contributed by atoms with van der Waals surface area (Å²) in [4.78, 5) is 12.6. The minimum absolute atomic E-state index is 0.243. The highest BCUT2D eigenvalue weighted by atomic mass is 32.2. The summed E-state index contributed by atoms with van der Waals surface area (Å²) in [6, 6.07) is 3.68. The van der Waals surface area contributed by atoms with Crippen LogP contribution < -0.4 is 10.6 Å². The van der Waals surface area contributed by atoms with Gasteiger partial charge in [-0.2, -0.15) is 11.8 Å². The smallest absolute Gasteiger partial charge is 0.315 e. The van der Waals surface area contributed by atoms with E-state index in [-0.39, 0.29) is 12.6 Å². The lowest BCUT2D eigenvalue weighted by atomic mass is 10.0. The van der Waals surface area contributed by atoms with E-state index in [1.54, 1.807) is 30.0 Å². The first-order chi connectivity index (χ1) is 8.53. The number of carbonyl (C=O) groups is 1. The molecule has 0 aliphatic rings. The van der Waals surface area contributed by atoms with E-state index in [2.05, 4.69) is 10.6 Å². The molecule has 18 heavy (non-hydrogen) atoms. The van der Waals surface area contributed by atoms with E-state index in [0.29, 0.717) is 13.0 Å². The summed E-state index contributed by atoms with van der Waals surface area (Å²) in [5.74, 6) is 0.880. The van der Waals surface area contributed by atoms with Crippen LogP contribution in [0.25, 0.3) is 0 Å². The van der Waals surface area contributed by atoms with Gasteiger partial charge >= 0.3 is 6.03 Å². The van der Waals surface area contributed by atoms with Crippen LogP contribution in [0.1, 0.15) is 18.2 Å². The number of aliphatic hydroxyl groups is 1. The average molecular weight is 288 g/mol. The Hall–Kier alpha value is -0.720. The molecule has 0 aliphatic carbocycles. The number of rotatable bonds is 7. The van der Waals surface area contributed by atoms with Crippen molar-refractivity contribution in [1.82, 2.24) is 10.6 Å². The molecule has 0 saturated heterocycles. The summed E-state index contributed by atoms with van der Waals surface area (Å²) in [5.41, 5.74) is -0.844. The Kier molecular flexibility index (Phi) is 6.52. The summed E-state index contributed by atoms with van der Waals surface area (Å²) in [5, 5.41) is 17.4. The number of nitrogens with one attached hydrogen (secondary N) is 2. The van der Waals surface area contributed by atoms with Crippen molar-refractivity contribution in [3.63, 3.8) is 0 Å². The molecule has 1 aromatic heterocycles. The topological polar surface area (TPSA) is 61.4 Å². The van der Waals surface area contributed by atoms with Crippen molar-refractivity contribution < 1.29 is 9.90 Å². The molecule has 0 aliphatic heterocycles. The minimum Gasteiger partial charge on any atom is -0.388 e. The highest BCUT2D eigenvalue weighted by molar-refractivity contribution is 7.98. The van der Waals surface area contributed by atoms with Gasteiger partial charge in [0.15, 0.2) is 0 Å². The van der Waals surface area contributed by atoms with Crippen LogP contribution in [0.15, 0.2) is 17.5 Å². The summed E-state index contributed by atoms with van der Waals surface area (Å²) < 4.78 is 0. The van der Waals surface area contributed by atoms with Gasteiger partial charge in [-0.25, -0.2) is 4.79 Å². The maximum atomic E-state index is 11.5. The highest BCUT2D eigenvalue weighted by Crippen LogP contribution is 2.11. The van der Waals surface area contributed by atoms with Gasteiger partial charge in [-0.15, -0.1) is 11.3 Å². The van der Waals surface area contributed by atoms with Gasteiger partial charge in [-0.3, -0.25) is 0 Å². The van der Waals surface area contributed by atoms with Crippen molar-refractivity contribution >= 4 is 29.1 Å². The lowest BCUT2D eigenvalue weighted by Crippen LogP contribution is -2.44. The van der Waals surface area contributed by atoms with Crippen LogP contribution in [0.2, 0.25) is 0 Å². The molecule has 1 atom stereocenters. The predicted molar refractivity (Wildman–Crippen MR) is 78.2 cm³/mol. The molecule has 4 nitrogen and oxygen atoms in total. The zero-order valence-corrected chi connectivity index (χ0v) is 12.4. The van der Waals surface area contributed by atoms with Crippen molar-refractivity contribution in [1.29, 1.82) is 0 Å². The van der Waals surface area contributed by atoms with E-state index in [4.69, 9.17) is 0 Å². The molecule has 2 amide bonds. The van der Waals surface area contributed by atoms with Crippen LogP contribution in [0.5, 0.6) is 0 Å². The maximum absolute atomic E-state index is 11.5. The lowest BCUT2D eigenvalue weighted by molar-refractivity contribution is 0.0594. The molecule has 0 spiro atoms. The van der Waals surface area contributed by atoms with Gasteiger partial charge in [0, 0.05) is 11.4 Å². The minimum atomic E-state index is -0.844. The van der Waals surface area contributed by atoms with Gasteiger partial charge in [0.05, 0.1) is 12.1 Å². The quantitative estimate of drug-likeness (QED) is 0.719. The number of thioether (sulfide) groups is 1. The molecule has 1 heterocycles. The van der Waals surface area contributed by atoms with Gasteiger partial charge in [0.25, 0.3) is 0 Å².